The number of benzene rings is 1. The van der Waals surface area contributed by atoms with Gasteiger partial charge in [0.1, 0.15) is 11.6 Å². The molecule has 7 heteroatoms. The standard InChI is InChI=1S/C15H10ClF2NO2S/c16-12-3-2-11(22-12)15-8(1-4-13(20)21)9-5-7(17)6-10(18)14(9)19-15/h2-3,5-6,19H,1,4H2,(H,20,21). The molecule has 0 aliphatic rings. The monoisotopic (exact) mass is 341 g/mol. The summed E-state index contributed by atoms with van der Waals surface area (Å²) in [5, 5.41) is 9.24. The van der Waals surface area contributed by atoms with Crippen molar-refractivity contribution in [3.63, 3.8) is 0 Å². The molecule has 0 aliphatic heterocycles. The average Bonchev–Trinajstić information content (AvgIpc) is 3.00. The molecular weight excluding hydrogens is 332 g/mol. The first-order valence-corrected chi connectivity index (χ1v) is 7.62. The van der Waals surface area contributed by atoms with Gasteiger partial charge in [-0.3, -0.25) is 4.79 Å². The molecule has 0 atom stereocenters. The highest BCUT2D eigenvalue weighted by Crippen LogP contribution is 2.37. The lowest BCUT2D eigenvalue weighted by Crippen LogP contribution is -1.98. The molecular formula is C15H10ClF2NO2S. The highest BCUT2D eigenvalue weighted by atomic mass is 35.5. The predicted octanol–water partition coefficient (Wildman–Crippen LogP) is 4.85. The molecule has 2 heterocycles. The van der Waals surface area contributed by atoms with Gasteiger partial charge >= 0.3 is 5.97 Å². The van der Waals surface area contributed by atoms with Gasteiger partial charge in [0.05, 0.1) is 20.4 Å². The number of rotatable bonds is 4. The molecule has 0 bridgehead atoms. The maximum absolute atomic E-state index is 13.9. The van der Waals surface area contributed by atoms with Crippen LogP contribution in [-0.2, 0) is 11.2 Å². The van der Waals surface area contributed by atoms with E-state index in [1.165, 1.54) is 17.4 Å². The first-order chi connectivity index (χ1) is 10.5. The molecule has 0 saturated heterocycles. The molecule has 2 N–H and O–H groups in total. The molecule has 0 aliphatic carbocycles. The van der Waals surface area contributed by atoms with E-state index in [0.717, 1.165) is 10.9 Å². The second-order valence-electron chi connectivity index (χ2n) is 4.79. The predicted molar refractivity (Wildman–Crippen MR) is 82.5 cm³/mol. The van der Waals surface area contributed by atoms with Crippen LogP contribution in [0.2, 0.25) is 4.34 Å². The number of halogens is 3. The molecule has 3 rings (SSSR count). The van der Waals surface area contributed by atoms with Crippen molar-refractivity contribution in [1.29, 1.82) is 0 Å². The normalized spacial score (nSPS) is 11.2. The molecule has 1 aromatic carbocycles. The van der Waals surface area contributed by atoms with Crippen LogP contribution in [0.15, 0.2) is 24.3 Å². The molecule has 22 heavy (non-hydrogen) atoms. The van der Waals surface area contributed by atoms with E-state index in [4.69, 9.17) is 16.7 Å². The fourth-order valence-electron chi connectivity index (χ4n) is 2.42. The minimum absolute atomic E-state index is 0.128. The summed E-state index contributed by atoms with van der Waals surface area (Å²) in [5.41, 5.74) is 1.33. The zero-order valence-electron chi connectivity index (χ0n) is 11.1. The summed E-state index contributed by atoms with van der Waals surface area (Å²) in [6, 6.07) is 5.47. The number of aromatic amines is 1. The Hall–Kier alpha value is -1.92. The van der Waals surface area contributed by atoms with Gasteiger partial charge in [-0.1, -0.05) is 11.6 Å². The van der Waals surface area contributed by atoms with E-state index in [2.05, 4.69) is 4.98 Å². The van der Waals surface area contributed by atoms with Gasteiger partial charge in [0.2, 0.25) is 0 Å². The van der Waals surface area contributed by atoms with Crippen molar-refractivity contribution < 1.29 is 18.7 Å². The Kier molecular flexibility index (Phi) is 3.88. The molecule has 0 saturated carbocycles. The summed E-state index contributed by atoms with van der Waals surface area (Å²) in [7, 11) is 0. The van der Waals surface area contributed by atoms with E-state index in [-0.39, 0.29) is 18.4 Å². The van der Waals surface area contributed by atoms with E-state index in [0.29, 0.717) is 21.0 Å². The number of aryl methyl sites for hydroxylation is 1. The highest BCUT2D eigenvalue weighted by molar-refractivity contribution is 7.19. The topological polar surface area (TPSA) is 53.1 Å². The van der Waals surface area contributed by atoms with Crippen LogP contribution in [0.3, 0.4) is 0 Å². The van der Waals surface area contributed by atoms with Crippen LogP contribution in [0.25, 0.3) is 21.5 Å². The molecule has 3 nitrogen and oxygen atoms in total. The summed E-state index contributed by atoms with van der Waals surface area (Å²) < 4.78 is 28.0. The first-order valence-electron chi connectivity index (χ1n) is 6.43. The maximum Gasteiger partial charge on any atom is 0.303 e. The van der Waals surface area contributed by atoms with Crippen LogP contribution >= 0.6 is 22.9 Å². The van der Waals surface area contributed by atoms with Crippen LogP contribution in [0.4, 0.5) is 8.78 Å². The third kappa shape index (κ3) is 2.71. The van der Waals surface area contributed by atoms with Gasteiger partial charge in [-0.15, -0.1) is 11.3 Å². The number of fused-ring (bicyclic) bond motifs is 1. The van der Waals surface area contributed by atoms with Crippen molar-refractivity contribution in [1.82, 2.24) is 4.98 Å². The van der Waals surface area contributed by atoms with Crippen LogP contribution < -0.4 is 0 Å². The molecule has 0 fully saturated rings. The first kappa shape index (κ1) is 15.0. The van der Waals surface area contributed by atoms with Gasteiger partial charge in [0.15, 0.2) is 0 Å². The Morgan fingerprint density at radius 2 is 2.09 bits per heavy atom. The Balaban J connectivity index is 2.23. The van der Waals surface area contributed by atoms with Crippen molar-refractivity contribution in [3.05, 3.63) is 45.8 Å². The number of hydrogen-bond donors (Lipinski definition) is 2. The lowest BCUT2D eigenvalue weighted by Gasteiger charge is -2.01. The van der Waals surface area contributed by atoms with Gasteiger partial charge in [-0.05, 0) is 30.2 Å². The number of H-pyrrole nitrogens is 1. The SMILES string of the molecule is O=C(O)CCc1c(-c2ccc(Cl)s2)[nH]c2c(F)cc(F)cc12. The summed E-state index contributed by atoms with van der Waals surface area (Å²) in [6.45, 7) is 0. The largest absolute Gasteiger partial charge is 0.481 e. The number of aliphatic carboxylic acids is 1. The van der Waals surface area contributed by atoms with Gasteiger partial charge in [-0.2, -0.15) is 0 Å². The third-order valence-corrected chi connectivity index (χ3v) is 4.59. The molecule has 114 valence electrons. The van der Waals surface area contributed by atoms with Gasteiger partial charge in [0.25, 0.3) is 0 Å². The number of carboxylic acids is 1. The lowest BCUT2D eigenvalue weighted by atomic mass is 10.0. The molecule has 0 spiro atoms. The molecule has 0 amide bonds. The van der Waals surface area contributed by atoms with E-state index in [1.807, 2.05) is 0 Å². The number of aromatic nitrogens is 1. The number of thiophene rings is 1. The molecule has 3 aromatic rings. The number of carboxylic acid groups (broad SMARTS) is 1. The summed E-state index contributed by atoms with van der Waals surface area (Å²) in [4.78, 5) is 14.5. The van der Waals surface area contributed by atoms with E-state index in [1.54, 1.807) is 12.1 Å². The number of hydrogen-bond acceptors (Lipinski definition) is 2. The minimum atomic E-state index is -0.971. The Bertz CT molecular complexity index is 872. The molecule has 0 radical (unpaired) electrons. The van der Waals surface area contributed by atoms with E-state index >= 15 is 0 Å². The van der Waals surface area contributed by atoms with E-state index < -0.39 is 17.6 Å². The quantitative estimate of drug-likeness (QED) is 0.713. The van der Waals surface area contributed by atoms with E-state index in [9.17, 15) is 13.6 Å². The lowest BCUT2D eigenvalue weighted by molar-refractivity contribution is -0.136. The van der Waals surface area contributed by atoms with Crippen LogP contribution in [0.5, 0.6) is 0 Å². The Morgan fingerprint density at radius 3 is 2.73 bits per heavy atom. The second-order valence-corrected chi connectivity index (χ2v) is 6.50. The fraction of sp³-hybridized carbons (Fsp3) is 0.133. The third-order valence-electron chi connectivity index (χ3n) is 3.34. The van der Waals surface area contributed by atoms with Crippen molar-refractivity contribution >= 4 is 39.8 Å². The van der Waals surface area contributed by atoms with Crippen LogP contribution in [0.1, 0.15) is 12.0 Å². The smallest absolute Gasteiger partial charge is 0.303 e. The fourth-order valence-corrected chi connectivity index (χ4v) is 3.50. The zero-order chi connectivity index (χ0) is 15.9. The number of nitrogens with one attached hydrogen (secondary N) is 1. The summed E-state index contributed by atoms with van der Waals surface area (Å²) in [5.74, 6) is -2.38. The van der Waals surface area contributed by atoms with Crippen LogP contribution in [0, 0.1) is 11.6 Å². The highest BCUT2D eigenvalue weighted by Gasteiger charge is 2.18. The maximum atomic E-state index is 13.9. The molecule has 2 aromatic heterocycles. The Labute approximate surface area is 133 Å². The van der Waals surface area contributed by atoms with Gasteiger partial charge in [-0.25, -0.2) is 8.78 Å². The number of carbonyl (C=O) groups is 1. The zero-order valence-corrected chi connectivity index (χ0v) is 12.7. The van der Waals surface area contributed by atoms with Crippen molar-refractivity contribution in [3.8, 4) is 10.6 Å². The van der Waals surface area contributed by atoms with Crippen LogP contribution in [-0.4, -0.2) is 16.1 Å². The van der Waals surface area contributed by atoms with Crippen molar-refractivity contribution in [2.75, 3.05) is 0 Å². The Morgan fingerprint density at radius 1 is 1.32 bits per heavy atom. The average molecular weight is 342 g/mol. The van der Waals surface area contributed by atoms with Crippen molar-refractivity contribution in [2.24, 2.45) is 0 Å². The second kappa shape index (κ2) is 5.70. The molecule has 0 unspecified atom stereocenters. The van der Waals surface area contributed by atoms with Gasteiger partial charge < -0.3 is 10.1 Å². The minimum Gasteiger partial charge on any atom is -0.481 e. The summed E-state index contributed by atoms with van der Waals surface area (Å²) in [6.07, 6.45) is 0.0419. The summed E-state index contributed by atoms with van der Waals surface area (Å²) >= 11 is 7.21. The van der Waals surface area contributed by atoms with Gasteiger partial charge in [0, 0.05) is 17.9 Å². The van der Waals surface area contributed by atoms with Crippen molar-refractivity contribution in [2.45, 2.75) is 12.8 Å².